The summed E-state index contributed by atoms with van der Waals surface area (Å²) in [4.78, 5) is 2.31. The predicted molar refractivity (Wildman–Crippen MR) is 111 cm³/mol. The zero-order valence-corrected chi connectivity index (χ0v) is 17.6. The van der Waals surface area contributed by atoms with E-state index >= 15 is 0 Å². The number of anilines is 1. The van der Waals surface area contributed by atoms with E-state index in [0.717, 1.165) is 21.6 Å². The molecule has 144 valence electrons. The van der Waals surface area contributed by atoms with Crippen LogP contribution >= 0.6 is 11.8 Å². The fourth-order valence-corrected chi connectivity index (χ4v) is 5.36. The van der Waals surface area contributed by atoms with Crippen molar-refractivity contribution < 1.29 is 13.0 Å². The van der Waals surface area contributed by atoms with E-state index in [2.05, 4.69) is 4.72 Å². The van der Waals surface area contributed by atoms with Crippen molar-refractivity contribution in [3.8, 4) is 0 Å². The molecule has 8 heteroatoms. The predicted octanol–water partition coefficient (Wildman–Crippen LogP) is 2.14. The Kier molecular flexibility index (Phi) is 5.78. The largest absolute Gasteiger partial charge is 0.377 e. The first kappa shape index (κ1) is 19.7. The molecular formula is C19H25N4O2S2+. The summed E-state index contributed by atoms with van der Waals surface area (Å²) in [6, 6.07) is 11.1. The molecule has 3 aromatic rings. The van der Waals surface area contributed by atoms with Crippen molar-refractivity contribution in [1.29, 1.82) is 0 Å². The molecule has 0 aliphatic carbocycles. The van der Waals surface area contributed by atoms with Gasteiger partial charge in [0.15, 0.2) is 0 Å². The third kappa shape index (κ3) is 4.12. The number of sulfonamides is 1. The van der Waals surface area contributed by atoms with Crippen LogP contribution in [0, 0.1) is 0 Å². The van der Waals surface area contributed by atoms with Gasteiger partial charge >= 0.3 is 5.16 Å². The molecule has 0 spiro atoms. The van der Waals surface area contributed by atoms with E-state index in [-0.39, 0.29) is 0 Å². The van der Waals surface area contributed by atoms with Crippen molar-refractivity contribution in [2.24, 2.45) is 14.1 Å². The Balaban J connectivity index is 1.78. The Bertz CT molecular complexity index is 1040. The highest BCUT2D eigenvalue weighted by Crippen LogP contribution is 2.30. The number of aryl methyl sites for hydroxylation is 2. The number of fused-ring (bicyclic) bond motifs is 1. The van der Waals surface area contributed by atoms with Crippen LogP contribution in [0.4, 0.5) is 5.69 Å². The van der Waals surface area contributed by atoms with Gasteiger partial charge < -0.3 is 4.90 Å². The standard InChI is InChI=1S/C19H25N4O2S2/c1-21(2)17-9-5-8-16-15(17)7-6-10-18(16)27(24,25)20-11-14-26-19-22(3)12-13-23(19)4/h5-10,12-13,20H,11,14H2,1-4H3/q+1. The fourth-order valence-electron chi connectivity index (χ4n) is 3.06. The van der Waals surface area contributed by atoms with Crippen molar-refractivity contribution in [2.75, 3.05) is 31.3 Å². The van der Waals surface area contributed by atoms with Gasteiger partial charge in [0.1, 0.15) is 12.4 Å². The van der Waals surface area contributed by atoms with E-state index in [1.54, 1.807) is 23.9 Å². The molecule has 0 bridgehead atoms. The lowest BCUT2D eigenvalue weighted by atomic mass is 10.1. The van der Waals surface area contributed by atoms with Crippen molar-refractivity contribution in [1.82, 2.24) is 9.29 Å². The molecule has 6 nitrogen and oxygen atoms in total. The molecule has 1 heterocycles. The molecule has 3 rings (SSSR count). The van der Waals surface area contributed by atoms with Gasteiger partial charge in [0.2, 0.25) is 10.0 Å². The second kappa shape index (κ2) is 7.92. The summed E-state index contributed by atoms with van der Waals surface area (Å²) in [5, 5.41) is 2.74. The maximum atomic E-state index is 12.9. The first-order valence-electron chi connectivity index (χ1n) is 8.64. The number of rotatable bonds is 7. The number of imidazole rings is 1. The van der Waals surface area contributed by atoms with E-state index in [0.29, 0.717) is 17.2 Å². The van der Waals surface area contributed by atoms with Gasteiger partial charge in [-0.1, -0.05) is 24.3 Å². The molecule has 0 amide bonds. The molecule has 0 unspecified atom stereocenters. The van der Waals surface area contributed by atoms with Crippen molar-refractivity contribution >= 4 is 38.2 Å². The van der Waals surface area contributed by atoms with Gasteiger partial charge in [0.05, 0.1) is 19.0 Å². The van der Waals surface area contributed by atoms with E-state index in [1.807, 2.05) is 78.9 Å². The summed E-state index contributed by atoms with van der Waals surface area (Å²) in [6.45, 7) is 0.363. The number of hydrogen-bond donors (Lipinski definition) is 1. The highest BCUT2D eigenvalue weighted by atomic mass is 32.2. The van der Waals surface area contributed by atoms with Gasteiger partial charge in [0.25, 0.3) is 0 Å². The molecule has 0 radical (unpaired) electrons. The minimum atomic E-state index is -3.59. The van der Waals surface area contributed by atoms with Crippen LogP contribution in [0.1, 0.15) is 0 Å². The van der Waals surface area contributed by atoms with Gasteiger partial charge in [0, 0.05) is 42.9 Å². The number of nitrogens with zero attached hydrogens (tertiary/aromatic N) is 3. The minimum absolute atomic E-state index is 0.318. The van der Waals surface area contributed by atoms with Crippen LogP contribution in [0.25, 0.3) is 10.8 Å². The van der Waals surface area contributed by atoms with Crippen LogP contribution in [-0.2, 0) is 24.1 Å². The molecule has 0 aliphatic rings. The van der Waals surface area contributed by atoms with Gasteiger partial charge in [-0.15, -0.1) is 0 Å². The van der Waals surface area contributed by atoms with Crippen LogP contribution in [-0.4, -0.2) is 39.4 Å². The Morgan fingerprint density at radius 2 is 1.85 bits per heavy atom. The van der Waals surface area contributed by atoms with Crippen LogP contribution in [0.2, 0.25) is 0 Å². The molecule has 0 fully saturated rings. The van der Waals surface area contributed by atoms with Gasteiger partial charge in [-0.05, 0) is 23.9 Å². The maximum Gasteiger partial charge on any atom is 0.317 e. The summed E-state index contributed by atoms with van der Waals surface area (Å²) in [5.74, 6) is 0.651. The third-order valence-electron chi connectivity index (χ3n) is 4.37. The summed E-state index contributed by atoms with van der Waals surface area (Å²) in [6.07, 6.45) is 3.95. The number of hydrogen-bond acceptors (Lipinski definition) is 4. The Hall–Kier alpha value is -2.03. The van der Waals surface area contributed by atoms with E-state index in [9.17, 15) is 8.42 Å². The third-order valence-corrected chi connectivity index (χ3v) is 7.13. The number of benzene rings is 2. The SMILES string of the molecule is CN(C)c1cccc2c(S(=O)(=O)NCCSc3n(C)cc[n+]3C)cccc12. The molecule has 0 aliphatic heterocycles. The summed E-state index contributed by atoms with van der Waals surface area (Å²) < 4.78 is 32.5. The maximum absolute atomic E-state index is 12.9. The Morgan fingerprint density at radius 1 is 1.15 bits per heavy atom. The summed E-state index contributed by atoms with van der Waals surface area (Å²) in [7, 11) is 4.27. The van der Waals surface area contributed by atoms with Gasteiger partial charge in [-0.3, -0.25) is 0 Å². The van der Waals surface area contributed by atoms with E-state index in [1.165, 1.54) is 0 Å². The smallest absolute Gasteiger partial charge is 0.317 e. The first-order valence-corrected chi connectivity index (χ1v) is 11.1. The summed E-state index contributed by atoms with van der Waals surface area (Å²) >= 11 is 1.62. The van der Waals surface area contributed by atoms with Crippen LogP contribution in [0.3, 0.4) is 0 Å². The second-order valence-corrected chi connectivity index (χ2v) is 9.37. The van der Waals surface area contributed by atoms with Crippen LogP contribution in [0.15, 0.2) is 58.8 Å². The van der Waals surface area contributed by atoms with Crippen molar-refractivity contribution in [3.05, 3.63) is 48.8 Å². The topological polar surface area (TPSA) is 58.2 Å². The number of thioether (sulfide) groups is 1. The first-order chi connectivity index (χ1) is 12.8. The molecule has 27 heavy (non-hydrogen) atoms. The molecular weight excluding hydrogens is 380 g/mol. The highest BCUT2D eigenvalue weighted by molar-refractivity contribution is 7.99. The molecule has 0 saturated heterocycles. The van der Waals surface area contributed by atoms with Crippen LogP contribution < -0.4 is 14.2 Å². The Morgan fingerprint density at radius 3 is 2.52 bits per heavy atom. The lowest BCUT2D eigenvalue weighted by Gasteiger charge is -2.17. The van der Waals surface area contributed by atoms with Gasteiger partial charge in [-0.2, -0.15) is 0 Å². The highest BCUT2D eigenvalue weighted by Gasteiger charge is 2.19. The minimum Gasteiger partial charge on any atom is -0.377 e. The summed E-state index contributed by atoms with van der Waals surface area (Å²) in [5.41, 5.74) is 0.997. The number of nitrogens with one attached hydrogen (secondary N) is 1. The van der Waals surface area contributed by atoms with E-state index in [4.69, 9.17) is 0 Å². The second-order valence-electron chi connectivity index (χ2n) is 6.57. The average Bonchev–Trinajstić information content (AvgIpc) is 2.95. The molecule has 0 atom stereocenters. The molecule has 1 N–H and O–H groups in total. The normalized spacial score (nSPS) is 11.9. The number of aromatic nitrogens is 2. The van der Waals surface area contributed by atoms with Crippen LogP contribution in [0.5, 0.6) is 0 Å². The molecule has 1 aromatic heterocycles. The van der Waals surface area contributed by atoms with Gasteiger partial charge in [-0.25, -0.2) is 22.3 Å². The fraction of sp³-hybridized carbons (Fsp3) is 0.316. The zero-order valence-electron chi connectivity index (χ0n) is 16.0. The Labute approximate surface area is 164 Å². The van der Waals surface area contributed by atoms with Crippen molar-refractivity contribution in [2.45, 2.75) is 10.1 Å². The lowest BCUT2D eigenvalue weighted by Crippen LogP contribution is -2.30. The molecule has 2 aromatic carbocycles. The van der Waals surface area contributed by atoms with Crippen molar-refractivity contribution in [3.63, 3.8) is 0 Å². The lowest BCUT2D eigenvalue weighted by molar-refractivity contribution is -0.709. The zero-order chi connectivity index (χ0) is 19.6. The van der Waals surface area contributed by atoms with E-state index < -0.39 is 10.0 Å². The monoisotopic (exact) mass is 405 g/mol. The average molecular weight is 406 g/mol. The molecule has 0 saturated carbocycles. The quantitative estimate of drug-likeness (QED) is 0.372.